The third-order valence-electron chi connectivity index (χ3n) is 6.24. The molecule has 0 spiro atoms. The fraction of sp³-hybridized carbons (Fsp3) is 0.207. The van der Waals surface area contributed by atoms with Crippen molar-refractivity contribution >= 4 is 16.7 Å². The second kappa shape index (κ2) is 9.88. The second-order valence-electron chi connectivity index (χ2n) is 8.64. The van der Waals surface area contributed by atoms with Gasteiger partial charge in [0.1, 0.15) is 11.5 Å². The van der Waals surface area contributed by atoms with Gasteiger partial charge in [-0.15, -0.1) is 0 Å². The van der Waals surface area contributed by atoms with E-state index >= 15 is 0 Å². The van der Waals surface area contributed by atoms with Gasteiger partial charge in [-0.3, -0.25) is 9.69 Å². The van der Waals surface area contributed by atoms with Gasteiger partial charge in [-0.1, -0.05) is 54.6 Å². The van der Waals surface area contributed by atoms with Crippen molar-refractivity contribution < 1.29 is 9.53 Å². The van der Waals surface area contributed by atoms with Gasteiger partial charge in [-0.05, 0) is 71.6 Å². The summed E-state index contributed by atoms with van der Waals surface area (Å²) < 4.78 is 5.81. The van der Waals surface area contributed by atoms with E-state index in [2.05, 4.69) is 52.7 Å². The summed E-state index contributed by atoms with van der Waals surface area (Å²) >= 11 is 0. The molecule has 4 aromatic carbocycles. The zero-order chi connectivity index (χ0) is 22.5. The van der Waals surface area contributed by atoms with E-state index in [-0.39, 0.29) is 11.9 Å². The Hall–Kier alpha value is -3.63. The molecule has 1 fully saturated rings. The Kier molecular flexibility index (Phi) is 6.36. The molecule has 1 aliphatic heterocycles. The number of para-hydroxylation sites is 1. The molecule has 4 heteroatoms. The molecule has 1 aliphatic rings. The van der Waals surface area contributed by atoms with Gasteiger partial charge in [0, 0.05) is 31.2 Å². The number of fused-ring (bicyclic) bond motifs is 1. The predicted molar refractivity (Wildman–Crippen MR) is 133 cm³/mol. The van der Waals surface area contributed by atoms with Crippen LogP contribution < -0.4 is 10.1 Å². The topological polar surface area (TPSA) is 41.6 Å². The summed E-state index contributed by atoms with van der Waals surface area (Å²) in [5, 5.41) is 5.78. The normalized spacial score (nSPS) is 14.8. The van der Waals surface area contributed by atoms with Crippen LogP contribution >= 0.6 is 0 Å². The molecule has 0 aliphatic carbocycles. The van der Waals surface area contributed by atoms with Crippen LogP contribution in [0.25, 0.3) is 10.8 Å². The van der Waals surface area contributed by atoms with Gasteiger partial charge < -0.3 is 10.1 Å². The molecule has 1 heterocycles. The van der Waals surface area contributed by atoms with Crippen LogP contribution in [0, 0.1) is 0 Å². The highest BCUT2D eigenvalue weighted by molar-refractivity contribution is 5.94. The fourth-order valence-corrected chi connectivity index (χ4v) is 4.40. The van der Waals surface area contributed by atoms with E-state index in [1.807, 2.05) is 54.6 Å². The minimum Gasteiger partial charge on any atom is -0.457 e. The molecular weight excluding hydrogens is 408 g/mol. The molecule has 0 unspecified atom stereocenters. The van der Waals surface area contributed by atoms with E-state index in [1.54, 1.807) is 0 Å². The van der Waals surface area contributed by atoms with Gasteiger partial charge in [0.25, 0.3) is 5.91 Å². The molecule has 0 saturated carbocycles. The van der Waals surface area contributed by atoms with Gasteiger partial charge in [-0.25, -0.2) is 0 Å². The highest BCUT2D eigenvalue weighted by Crippen LogP contribution is 2.22. The van der Waals surface area contributed by atoms with Gasteiger partial charge in [0.05, 0.1) is 0 Å². The molecule has 166 valence electrons. The fourth-order valence-electron chi connectivity index (χ4n) is 4.40. The van der Waals surface area contributed by atoms with Crippen molar-refractivity contribution in [1.29, 1.82) is 0 Å². The van der Waals surface area contributed by atoms with Gasteiger partial charge in [0.15, 0.2) is 0 Å². The van der Waals surface area contributed by atoms with Crippen molar-refractivity contribution in [2.75, 3.05) is 13.1 Å². The van der Waals surface area contributed by atoms with Crippen LogP contribution in [0.15, 0.2) is 97.1 Å². The van der Waals surface area contributed by atoms with Crippen molar-refractivity contribution in [3.8, 4) is 11.5 Å². The smallest absolute Gasteiger partial charge is 0.251 e. The molecule has 0 aromatic heterocycles. The van der Waals surface area contributed by atoms with Crippen molar-refractivity contribution in [2.45, 2.75) is 25.4 Å². The molecule has 0 radical (unpaired) electrons. The number of ether oxygens (including phenoxy) is 1. The number of hydrogen-bond donors (Lipinski definition) is 1. The van der Waals surface area contributed by atoms with Gasteiger partial charge >= 0.3 is 0 Å². The lowest BCUT2D eigenvalue weighted by molar-refractivity contribution is 0.0909. The number of hydrogen-bond acceptors (Lipinski definition) is 3. The van der Waals surface area contributed by atoms with Crippen LogP contribution in [0.1, 0.15) is 28.8 Å². The Balaban J connectivity index is 1.11. The van der Waals surface area contributed by atoms with Crippen LogP contribution in [0.2, 0.25) is 0 Å². The molecule has 1 saturated heterocycles. The molecule has 0 atom stereocenters. The summed E-state index contributed by atoms with van der Waals surface area (Å²) in [6, 6.07) is 32.4. The minimum absolute atomic E-state index is 0.0192. The number of nitrogens with zero attached hydrogens (tertiary/aromatic N) is 1. The van der Waals surface area contributed by atoms with Crippen LogP contribution in [-0.2, 0) is 6.54 Å². The number of carbonyl (C=O) groups excluding carboxylic acids is 1. The third-order valence-corrected chi connectivity index (χ3v) is 6.24. The van der Waals surface area contributed by atoms with E-state index in [4.69, 9.17) is 4.74 Å². The number of piperidine rings is 1. The average Bonchev–Trinajstić information content (AvgIpc) is 2.86. The molecule has 5 rings (SSSR count). The number of likely N-dealkylation sites (tertiary alicyclic amines) is 1. The van der Waals surface area contributed by atoms with Gasteiger partial charge in [0.2, 0.25) is 0 Å². The first-order chi connectivity index (χ1) is 16.2. The molecule has 4 aromatic rings. The van der Waals surface area contributed by atoms with Crippen LogP contribution in [0.3, 0.4) is 0 Å². The molecule has 33 heavy (non-hydrogen) atoms. The monoisotopic (exact) mass is 436 g/mol. The number of amides is 1. The second-order valence-corrected chi connectivity index (χ2v) is 8.64. The zero-order valence-corrected chi connectivity index (χ0v) is 18.6. The Labute approximate surface area is 194 Å². The number of rotatable bonds is 6. The van der Waals surface area contributed by atoms with E-state index in [0.717, 1.165) is 44.0 Å². The van der Waals surface area contributed by atoms with Crippen molar-refractivity contribution in [1.82, 2.24) is 10.2 Å². The lowest BCUT2D eigenvalue weighted by Crippen LogP contribution is -2.44. The summed E-state index contributed by atoms with van der Waals surface area (Å²) in [5.41, 5.74) is 2.00. The molecule has 4 nitrogen and oxygen atoms in total. The maximum absolute atomic E-state index is 12.7. The largest absolute Gasteiger partial charge is 0.457 e. The van der Waals surface area contributed by atoms with Crippen LogP contribution in [0.4, 0.5) is 0 Å². The molecule has 1 amide bonds. The maximum atomic E-state index is 12.7. The summed E-state index contributed by atoms with van der Waals surface area (Å²) in [4.78, 5) is 15.2. The summed E-state index contributed by atoms with van der Waals surface area (Å²) in [7, 11) is 0. The Morgan fingerprint density at radius 3 is 2.21 bits per heavy atom. The first kappa shape index (κ1) is 21.2. The van der Waals surface area contributed by atoms with Crippen molar-refractivity contribution in [2.24, 2.45) is 0 Å². The number of carbonyl (C=O) groups is 1. The summed E-state index contributed by atoms with van der Waals surface area (Å²) in [6.07, 6.45) is 1.93. The SMILES string of the molecule is O=C(NC1CCN(Cc2ccc3ccccc3c2)CC1)c1ccc(Oc2ccccc2)cc1. The first-order valence-corrected chi connectivity index (χ1v) is 11.6. The lowest BCUT2D eigenvalue weighted by atomic mass is 10.0. The third kappa shape index (κ3) is 5.41. The standard InChI is InChI=1S/C29H28N2O2/c32-29(24-12-14-28(15-13-24)33-27-8-2-1-3-9-27)30-26-16-18-31(19-17-26)21-22-10-11-23-6-4-5-7-25(23)20-22/h1-15,20,26H,16-19,21H2,(H,30,32). The van der Waals surface area contributed by atoms with Crippen molar-refractivity contribution in [3.63, 3.8) is 0 Å². The minimum atomic E-state index is -0.0192. The van der Waals surface area contributed by atoms with E-state index in [0.29, 0.717) is 5.56 Å². The quantitative estimate of drug-likeness (QED) is 0.401. The van der Waals surface area contributed by atoms with Crippen LogP contribution in [-0.4, -0.2) is 29.9 Å². The number of nitrogens with one attached hydrogen (secondary N) is 1. The first-order valence-electron chi connectivity index (χ1n) is 11.6. The van der Waals surface area contributed by atoms with E-state index in [9.17, 15) is 4.79 Å². The lowest BCUT2D eigenvalue weighted by Gasteiger charge is -2.32. The van der Waals surface area contributed by atoms with Gasteiger partial charge in [-0.2, -0.15) is 0 Å². The number of benzene rings is 4. The highest BCUT2D eigenvalue weighted by atomic mass is 16.5. The Morgan fingerprint density at radius 1 is 0.788 bits per heavy atom. The summed E-state index contributed by atoms with van der Waals surface area (Å²) in [5.74, 6) is 1.49. The van der Waals surface area contributed by atoms with E-state index in [1.165, 1.54) is 16.3 Å². The molecule has 0 bridgehead atoms. The predicted octanol–water partition coefficient (Wildman–Crippen LogP) is 6.03. The molecule has 1 N–H and O–H groups in total. The Morgan fingerprint density at radius 2 is 1.45 bits per heavy atom. The zero-order valence-electron chi connectivity index (χ0n) is 18.6. The maximum Gasteiger partial charge on any atom is 0.251 e. The van der Waals surface area contributed by atoms with Crippen LogP contribution in [0.5, 0.6) is 11.5 Å². The van der Waals surface area contributed by atoms with Crippen molar-refractivity contribution in [3.05, 3.63) is 108 Å². The molecular formula is C29H28N2O2. The summed E-state index contributed by atoms with van der Waals surface area (Å²) in [6.45, 7) is 2.93. The Bertz CT molecular complexity index is 1210. The highest BCUT2D eigenvalue weighted by Gasteiger charge is 2.21. The van der Waals surface area contributed by atoms with E-state index < -0.39 is 0 Å². The average molecular weight is 437 g/mol.